The zero-order valence-corrected chi connectivity index (χ0v) is 31.6. The molecule has 0 aliphatic heterocycles. The molecule has 0 bridgehead atoms. The van der Waals surface area contributed by atoms with Crippen molar-refractivity contribution in [3.05, 3.63) is 193 Å². The first-order valence-corrected chi connectivity index (χ1v) is 19.7. The summed E-state index contributed by atoms with van der Waals surface area (Å²) in [5, 5.41) is 5.75. The molecule has 0 atom stereocenters. The second-order valence-corrected chi connectivity index (χ2v) is 15.8. The Kier molecular flexibility index (Phi) is 6.65. The van der Waals surface area contributed by atoms with E-state index in [1.165, 1.54) is 49.5 Å². The minimum absolute atomic E-state index is 0.138. The Morgan fingerprint density at radius 1 is 0.421 bits per heavy atom. The number of benzene rings is 8. The maximum absolute atomic E-state index is 5.49. The third kappa shape index (κ3) is 4.50. The van der Waals surface area contributed by atoms with Crippen molar-refractivity contribution in [2.45, 2.75) is 19.3 Å². The van der Waals surface area contributed by atoms with Crippen LogP contribution in [0, 0.1) is 0 Å². The van der Waals surface area contributed by atoms with Gasteiger partial charge in [0, 0.05) is 43.6 Å². The SMILES string of the molecule is CC1(C)c2ccccc2-c2cccc(-c3ccc4c(c3)c3ccc5c6ccccc6n(-c6ccccc6)c5c3n4-c3nc(-c4ccccc4)c4ccccc4n3)c21. The molecular weight excluding hydrogens is 693 g/mol. The van der Waals surface area contributed by atoms with Gasteiger partial charge in [-0.2, -0.15) is 0 Å². The molecule has 0 radical (unpaired) electrons. The quantitative estimate of drug-likeness (QED) is 0.181. The number of nitrogens with zero attached hydrogens (tertiary/aromatic N) is 4. The minimum atomic E-state index is -0.138. The van der Waals surface area contributed by atoms with Crippen molar-refractivity contribution < 1.29 is 0 Å². The predicted octanol–water partition coefficient (Wildman–Crippen LogP) is 13.5. The molecule has 57 heavy (non-hydrogen) atoms. The van der Waals surface area contributed by atoms with Gasteiger partial charge in [0.15, 0.2) is 0 Å². The lowest BCUT2D eigenvalue weighted by Crippen LogP contribution is -2.16. The molecule has 3 heterocycles. The van der Waals surface area contributed by atoms with E-state index >= 15 is 0 Å². The number of hydrogen-bond donors (Lipinski definition) is 0. The van der Waals surface area contributed by atoms with E-state index in [-0.39, 0.29) is 5.41 Å². The molecule has 0 spiro atoms. The normalized spacial score (nSPS) is 13.2. The van der Waals surface area contributed by atoms with E-state index in [1.54, 1.807) is 0 Å². The first-order chi connectivity index (χ1) is 28.1. The number of rotatable bonds is 4. The molecule has 1 aliphatic carbocycles. The molecular formula is C53H36N4. The van der Waals surface area contributed by atoms with E-state index in [0.717, 1.165) is 55.3 Å². The summed E-state index contributed by atoms with van der Waals surface area (Å²) in [4.78, 5) is 10.9. The van der Waals surface area contributed by atoms with Crippen molar-refractivity contribution in [2.24, 2.45) is 0 Å². The highest BCUT2D eigenvalue weighted by atomic mass is 15.2. The summed E-state index contributed by atoms with van der Waals surface area (Å²) in [6, 6.07) is 65.7. The average Bonchev–Trinajstić information content (AvgIpc) is 3.87. The molecule has 0 amide bonds. The standard InChI is InChI=1S/C53H36N4/c1-53(2)44-25-12-9-20-37(44)39-24-15-23-36(48(39)53)34-28-31-47-43(32-34)41-30-29-40-38-21-11-14-27-46(38)56(35-18-7-4-8-19-35)50(40)51(41)57(47)52-54-45-26-13-10-22-42(45)49(55-52)33-16-5-3-6-17-33/h3-32H,1-2H3. The van der Waals surface area contributed by atoms with E-state index in [1.807, 2.05) is 0 Å². The Hall–Kier alpha value is -7.30. The second-order valence-electron chi connectivity index (χ2n) is 15.8. The van der Waals surface area contributed by atoms with Crippen LogP contribution in [0.5, 0.6) is 0 Å². The van der Waals surface area contributed by atoms with Gasteiger partial charge in [-0.3, -0.25) is 4.57 Å². The summed E-state index contributed by atoms with van der Waals surface area (Å²) in [6.07, 6.45) is 0. The van der Waals surface area contributed by atoms with Crippen LogP contribution in [0.4, 0.5) is 0 Å². The van der Waals surface area contributed by atoms with E-state index in [0.29, 0.717) is 5.95 Å². The third-order valence-electron chi connectivity index (χ3n) is 12.3. The molecule has 0 fully saturated rings. The third-order valence-corrected chi connectivity index (χ3v) is 12.3. The van der Waals surface area contributed by atoms with Gasteiger partial charge in [0.05, 0.1) is 33.3 Å². The molecule has 0 saturated carbocycles. The first-order valence-electron chi connectivity index (χ1n) is 19.7. The van der Waals surface area contributed by atoms with Gasteiger partial charge >= 0.3 is 0 Å². The van der Waals surface area contributed by atoms with Crippen molar-refractivity contribution in [3.63, 3.8) is 0 Å². The van der Waals surface area contributed by atoms with Gasteiger partial charge in [-0.05, 0) is 69.8 Å². The van der Waals surface area contributed by atoms with Gasteiger partial charge in [-0.15, -0.1) is 0 Å². The van der Waals surface area contributed by atoms with E-state index in [2.05, 4.69) is 205 Å². The highest BCUT2D eigenvalue weighted by molar-refractivity contribution is 6.24. The van der Waals surface area contributed by atoms with Gasteiger partial charge in [0.2, 0.25) is 5.95 Å². The van der Waals surface area contributed by atoms with Crippen molar-refractivity contribution in [1.82, 2.24) is 19.1 Å². The van der Waals surface area contributed by atoms with Crippen LogP contribution in [-0.4, -0.2) is 19.1 Å². The van der Waals surface area contributed by atoms with Crippen molar-refractivity contribution >= 4 is 54.5 Å². The Morgan fingerprint density at radius 2 is 1.05 bits per heavy atom. The predicted molar refractivity (Wildman–Crippen MR) is 237 cm³/mol. The highest BCUT2D eigenvalue weighted by Crippen LogP contribution is 2.52. The van der Waals surface area contributed by atoms with Gasteiger partial charge in [-0.25, -0.2) is 9.97 Å². The Labute approximate surface area is 329 Å². The van der Waals surface area contributed by atoms with E-state index < -0.39 is 0 Å². The van der Waals surface area contributed by atoms with Crippen LogP contribution >= 0.6 is 0 Å². The summed E-state index contributed by atoms with van der Waals surface area (Å²) < 4.78 is 4.75. The number of fused-ring (bicyclic) bond motifs is 11. The molecule has 8 aromatic carbocycles. The number of para-hydroxylation sites is 3. The van der Waals surface area contributed by atoms with Gasteiger partial charge < -0.3 is 4.57 Å². The zero-order chi connectivity index (χ0) is 37.8. The maximum Gasteiger partial charge on any atom is 0.235 e. The Bertz CT molecular complexity index is 3420. The molecule has 3 aromatic heterocycles. The summed E-state index contributed by atoms with van der Waals surface area (Å²) in [5.41, 5.74) is 16.2. The smallest absolute Gasteiger partial charge is 0.235 e. The summed E-state index contributed by atoms with van der Waals surface area (Å²) in [6.45, 7) is 4.73. The maximum atomic E-state index is 5.49. The lowest BCUT2D eigenvalue weighted by atomic mass is 9.79. The fourth-order valence-electron chi connectivity index (χ4n) is 9.84. The van der Waals surface area contributed by atoms with E-state index in [9.17, 15) is 0 Å². The average molecular weight is 729 g/mol. The molecule has 4 heteroatoms. The van der Waals surface area contributed by atoms with Gasteiger partial charge in [0.1, 0.15) is 0 Å². The first kappa shape index (κ1) is 32.0. The van der Waals surface area contributed by atoms with Crippen LogP contribution in [-0.2, 0) is 5.41 Å². The van der Waals surface area contributed by atoms with Crippen LogP contribution in [0.25, 0.3) is 99.7 Å². The minimum Gasteiger partial charge on any atom is -0.307 e. The molecule has 12 rings (SSSR count). The van der Waals surface area contributed by atoms with Crippen molar-refractivity contribution in [2.75, 3.05) is 0 Å². The molecule has 0 unspecified atom stereocenters. The largest absolute Gasteiger partial charge is 0.307 e. The second kappa shape index (κ2) is 11.8. The topological polar surface area (TPSA) is 35.6 Å². The van der Waals surface area contributed by atoms with E-state index in [4.69, 9.17) is 9.97 Å². The van der Waals surface area contributed by atoms with Gasteiger partial charge in [-0.1, -0.05) is 159 Å². The lowest BCUT2D eigenvalue weighted by molar-refractivity contribution is 0.662. The monoisotopic (exact) mass is 728 g/mol. The van der Waals surface area contributed by atoms with Crippen LogP contribution in [0.15, 0.2) is 182 Å². The van der Waals surface area contributed by atoms with Crippen LogP contribution in [0.2, 0.25) is 0 Å². The molecule has 268 valence electrons. The number of aromatic nitrogens is 4. The molecule has 0 saturated heterocycles. The van der Waals surface area contributed by atoms with Crippen LogP contribution in [0.3, 0.4) is 0 Å². The summed E-state index contributed by atoms with van der Waals surface area (Å²) in [5.74, 6) is 0.648. The van der Waals surface area contributed by atoms with Gasteiger partial charge in [0.25, 0.3) is 0 Å². The van der Waals surface area contributed by atoms with Crippen LogP contribution in [0.1, 0.15) is 25.0 Å². The number of hydrogen-bond acceptors (Lipinski definition) is 2. The van der Waals surface area contributed by atoms with Crippen LogP contribution < -0.4 is 0 Å². The fraction of sp³-hybridized carbons (Fsp3) is 0.0566. The zero-order valence-electron chi connectivity index (χ0n) is 31.6. The Morgan fingerprint density at radius 3 is 1.89 bits per heavy atom. The molecule has 1 aliphatic rings. The lowest BCUT2D eigenvalue weighted by Gasteiger charge is -2.24. The molecule has 4 nitrogen and oxygen atoms in total. The van der Waals surface area contributed by atoms with Crippen molar-refractivity contribution in [1.29, 1.82) is 0 Å². The molecule has 11 aromatic rings. The Balaban J connectivity index is 1.23. The molecule has 0 N–H and O–H groups in total. The summed E-state index contributed by atoms with van der Waals surface area (Å²) in [7, 11) is 0. The van der Waals surface area contributed by atoms with Crippen molar-refractivity contribution in [3.8, 4) is 45.1 Å². The summed E-state index contributed by atoms with van der Waals surface area (Å²) >= 11 is 0. The highest BCUT2D eigenvalue weighted by Gasteiger charge is 2.37. The fourth-order valence-corrected chi connectivity index (χ4v) is 9.84.